The van der Waals surface area contributed by atoms with E-state index >= 15 is 0 Å². The largest absolute Gasteiger partial charge is 0.496 e. The molecule has 4 rings (SSSR count). The van der Waals surface area contributed by atoms with Crippen molar-refractivity contribution in [3.05, 3.63) is 77.5 Å². The fourth-order valence-electron chi connectivity index (χ4n) is 3.32. The summed E-state index contributed by atoms with van der Waals surface area (Å²) in [5, 5.41) is 7.74. The first-order valence-electron chi connectivity index (χ1n) is 8.88. The van der Waals surface area contributed by atoms with E-state index in [-0.39, 0.29) is 12.4 Å². The van der Waals surface area contributed by atoms with E-state index in [2.05, 4.69) is 46.7 Å². The van der Waals surface area contributed by atoms with Crippen LogP contribution in [0.5, 0.6) is 5.75 Å². The minimum absolute atomic E-state index is 0. The second-order valence-corrected chi connectivity index (χ2v) is 6.60. The lowest BCUT2D eigenvalue weighted by molar-refractivity contribution is 0.420. The minimum Gasteiger partial charge on any atom is -0.496 e. The van der Waals surface area contributed by atoms with Crippen LogP contribution in [0.4, 0.5) is 5.69 Å². The standard InChI is InChI=1S/C23H21N3O.ClH/c1-15-8-10-21-20(12-15)22(13-16(2)25-21)26-24-14-17-9-11-23(27-3)19-7-5-4-6-18(17)19;/h4-14H,1-3H3,(H,25,26);1H/b24-14+;. The number of aromatic nitrogens is 1. The van der Waals surface area contributed by atoms with Crippen LogP contribution in [0.2, 0.25) is 0 Å². The third kappa shape index (κ3) is 3.78. The fourth-order valence-corrected chi connectivity index (χ4v) is 3.32. The second kappa shape index (κ2) is 8.28. The predicted molar refractivity (Wildman–Crippen MR) is 120 cm³/mol. The third-order valence-electron chi connectivity index (χ3n) is 4.62. The van der Waals surface area contributed by atoms with Gasteiger partial charge in [-0.3, -0.25) is 10.4 Å². The monoisotopic (exact) mass is 391 g/mol. The molecule has 0 spiro atoms. The Morgan fingerprint density at radius 1 is 0.929 bits per heavy atom. The first kappa shape index (κ1) is 19.6. The van der Waals surface area contributed by atoms with Crippen molar-refractivity contribution in [3.63, 3.8) is 0 Å². The number of hydrazone groups is 1. The Hall–Kier alpha value is -3.11. The van der Waals surface area contributed by atoms with Crippen LogP contribution in [0, 0.1) is 13.8 Å². The summed E-state index contributed by atoms with van der Waals surface area (Å²) in [6.45, 7) is 4.07. The lowest BCUT2D eigenvalue weighted by Crippen LogP contribution is -1.96. The van der Waals surface area contributed by atoms with E-state index < -0.39 is 0 Å². The van der Waals surface area contributed by atoms with E-state index in [1.807, 2.05) is 49.5 Å². The molecule has 3 aromatic carbocycles. The first-order chi connectivity index (χ1) is 13.2. The van der Waals surface area contributed by atoms with Gasteiger partial charge in [0.1, 0.15) is 5.75 Å². The zero-order valence-electron chi connectivity index (χ0n) is 16.1. The number of hydrogen-bond donors (Lipinski definition) is 1. The molecule has 1 aromatic heterocycles. The quantitative estimate of drug-likeness (QED) is 0.349. The topological polar surface area (TPSA) is 46.5 Å². The molecular weight excluding hydrogens is 370 g/mol. The Balaban J connectivity index is 0.00000225. The molecule has 0 saturated heterocycles. The van der Waals surface area contributed by atoms with Crippen molar-refractivity contribution in [1.29, 1.82) is 0 Å². The smallest absolute Gasteiger partial charge is 0.126 e. The molecule has 0 unspecified atom stereocenters. The zero-order chi connectivity index (χ0) is 18.8. The summed E-state index contributed by atoms with van der Waals surface area (Å²) in [4.78, 5) is 4.60. The van der Waals surface area contributed by atoms with Crippen LogP contribution in [0.25, 0.3) is 21.7 Å². The number of benzene rings is 3. The maximum Gasteiger partial charge on any atom is 0.126 e. The minimum atomic E-state index is 0. The van der Waals surface area contributed by atoms with E-state index in [0.717, 1.165) is 44.4 Å². The molecule has 0 aliphatic rings. The number of fused-ring (bicyclic) bond motifs is 2. The van der Waals surface area contributed by atoms with Crippen molar-refractivity contribution >= 4 is 46.0 Å². The second-order valence-electron chi connectivity index (χ2n) is 6.60. The van der Waals surface area contributed by atoms with Crippen LogP contribution in [-0.4, -0.2) is 18.3 Å². The molecule has 28 heavy (non-hydrogen) atoms. The summed E-state index contributed by atoms with van der Waals surface area (Å²) >= 11 is 0. The third-order valence-corrected chi connectivity index (χ3v) is 4.62. The van der Waals surface area contributed by atoms with Crippen LogP contribution in [-0.2, 0) is 0 Å². The molecule has 4 nitrogen and oxygen atoms in total. The number of anilines is 1. The molecule has 0 atom stereocenters. The number of hydrogen-bond acceptors (Lipinski definition) is 4. The van der Waals surface area contributed by atoms with Crippen molar-refractivity contribution < 1.29 is 4.74 Å². The van der Waals surface area contributed by atoms with Crippen LogP contribution in [0.3, 0.4) is 0 Å². The predicted octanol–water partition coefficient (Wildman–Crippen LogP) is 5.88. The lowest BCUT2D eigenvalue weighted by atomic mass is 10.0. The molecule has 0 radical (unpaired) electrons. The highest BCUT2D eigenvalue weighted by Gasteiger charge is 2.06. The van der Waals surface area contributed by atoms with E-state index in [4.69, 9.17) is 4.74 Å². The van der Waals surface area contributed by atoms with Gasteiger partial charge in [0.25, 0.3) is 0 Å². The maximum atomic E-state index is 5.46. The maximum absolute atomic E-state index is 5.46. The Morgan fingerprint density at radius 3 is 2.50 bits per heavy atom. The van der Waals surface area contributed by atoms with Crippen LogP contribution >= 0.6 is 12.4 Å². The van der Waals surface area contributed by atoms with Crippen LogP contribution < -0.4 is 10.2 Å². The molecule has 0 aliphatic heterocycles. The average Bonchev–Trinajstić information content (AvgIpc) is 2.68. The van der Waals surface area contributed by atoms with Crippen molar-refractivity contribution in [2.75, 3.05) is 12.5 Å². The van der Waals surface area contributed by atoms with Gasteiger partial charge in [-0.15, -0.1) is 12.4 Å². The summed E-state index contributed by atoms with van der Waals surface area (Å²) in [6, 6.07) is 20.4. The molecular formula is C23H22ClN3O. The molecule has 142 valence electrons. The number of rotatable bonds is 4. The number of pyridine rings is 1. The van der Waals surface area contributed by atoms with Crippen molar-refractivity contribution in [2.45, 2.75) is 13.8 Å². The highest BCUT2D eigenvalue weighted by molar-refractivity contribution is 6.02. The van der Waals surface area contributed by atoms with Gasteiger partial charge in [-0.2, -0.15) is 5.10 Å². The summed E-state index contributed by atoms with van der Waals surface area (Å²) in [6.07, 6.45) is 1.85. The number of halogens is 1. The van der Waals surface area contributed by atoms with Gasteiger partial charge >= 0.3 is 0 Å². The molecule has 1 N–H and O–H groups in total. The van der Waals surface area contributed by atoms with Gasteiger partial charge in [0.05, 0.1) is 24.5 Å². The number of methoxy groups -OCH3 is 1. The summed E-state index contributed by atoms with van der Waals surface area (Å²) in [7, 11) is 1.69. The number of nitrogens with one attached hydrogen (secondary N) is 1. The SMILES string of the molecule is COc1ccc(/C=N/Nc2cc(C)nc3ccc(C)cc23)c2ccccc12.Cl. The van der Waals surface area contributed by atoms with Gasteiger partial charge in [-0.25, -0.2) is 0 Å². The van der Waals surface area contributed by atoms with Gasteiger partial charge in [0.2, 0.25) is 0 Å². The fraction of sp³-hybridized carbons (Fsp3) is 0.130. The van der Waals surface area contributed by atoms with Crippen molar-refractivity contribution in [2.24, 2.45) is 5.10 Å². The average molecular weight is 392 g/mol. The van der Waals surface area contributed by atoms with E-state index in [1.54, 1.807) is 7.11 Å². The first-order valence-corrected chi connectivity index (χ1v) is 8.88. The van der Waals surface area contributed by atoms with Crippen LogP contribution in [0.15, 0.2) is 65.8 Å². The highest BCUT2D eigenvalue weighted by Crippen LogP contribution is 2.28. The Bertz CT molecular complexity index is 1170. The molecule has 1 heterocycles. The van der Waals surface area contributed by atoms with Gasteiger partial charge in [-0.1, -0.05) is 35.9 Å². The summed E-state index contributed by atoms with van der Waals surface area (Å²) in [5.74, 6) is 0.863. The number of ether oxygens (including phenoxy) is 1. The summed E-state index contributed by atoms with van der Waals surface area (Å²) < 4.78 is 5.46. The highest BCUT2D eigenvalue weighted by atomic mass is 35.5. The van der Waals surface area contributed by atoms with E-state index in [1.165, 1.54) is 5.56 Å². The normalized spacial score (nSPS) is 11.0. The Kier molecular flexibility index (Phi) is 5.81. The van der Waals surface area contributed by atoms with Gasteiger partial charge < -0.3 is 4.74 Å². The molecule has 0 bridgehead atoms. The number of nitrogens with zero attached hydrogens (tertiary/aromatic N) is 2. The number of aryl methyl sites for hydroxylation is 2. The van der Waals surface area contributed by atoms with Gasteiger partial charge in [0, 0.05) is 22.0 Å². The Morgan fingerprint density at radius 2 is 1.71 bits per heavy atom. The zero-order valence-corrected chi connectivity index (χ0v) is 16.9. The molecule has 4 aromatic rings. The molecule has 0 amide bonds. The summed E-state index contributed by atoms with van der Waals surface area (Å²) in [5.41, 5.74) is 8.30. The van der Waals surface area contributed by atoms with E-state index in [9.17, 15) is 0 Å². The lowest BCUT2D eigenvalue weighted by Gasteiger charge is -2.09. The molecule has 0 saturated carbocycles. The van der Waals surface area contributed by atoms with Crippen LogP contribution in [0.1, 0.15) is 16.8 Å². The van der Waals surface area contributed by atoms with Crippen molar-refractivity contribution in [1.82, 2.24) is 4.98 Å². The van der Waals surface area contributed by atoms with Gasteiger partial charge in [-0.05, 0) is 49.6 Å². The Labute approximate surface area is 170 Å². The molecule has 0 fully saturated rings. The van der Waals surface area contributed by atoms with Crippen molar-refractivity contribution in [3.8, 4) is 5.75 Å². The molecule has 0 aliphatic carbocycles. The van der Waals surface area contributed by atoms with E-state index in [0.29, 0.717) is 0 Å². The molecule has 5 heteroatoms. The van der Waals surface area contributed by atoms with Gasteiger partial charge in [0.15, 0.2) is 0 Å².